The van der Waals surface area contributed by atoms with Gasteiger partial charge in [-0.05, 0) is 19.4 Å². The van der Waals surface area contributed by atoms with Crippen molar-refractivity contribution in [1.82, 2.24) is 15.1 Å². The first-order valence-electron chi connectivity index (χ1n) is 7.25. The topological polar surface area (TPSA) is 35.6 Å². The van der Waals surface area contributed by atoms with E-state index in [2.05, 4.69) is 36.0 Å². The lowest BCUT2D eigenvalue weighted by Crippen LogP contribution is -2.46. The molecule has 1 fully saturated rings. The second kappa shape index (κ2) is 8.48. The molecule has 1 aliphatic rings. The lowest BCUT2D eigenvalue weighted by atomic mass is 10.1. The van der Waals surface area contributed by atoms with Crippen LogP contribution in [0.25, 0.3) is 0 Å². The largest absolute Gasteiger partial charge is 0.355 e. The molecule has 1 amide bonds. The van der Waals surface area contributed by atoms with E-state index in [1.807, 2.05) is 0 Å². The predicted molar refractivity (Wildman–Crippen MR) is 77.7 cm³/mol. The molecular weight excluding hydrogens is 226 g/mol. The van der Waals surface area contributed by atoms with Crippen molar-refractivity contribution < 1.29 is 6.22 Å². The van der Waals surface area contributed by atoms with Gasteiger partial charge >= 0.3 is 0 Å². The van der Waals surface area contributed by atoms with Gasteiger partial charge in [-0.2, -0.15) is 0 Å². The van der Waals surface area contributed by atoms with E-state index in [1.165, 1.54) is 0 Å². The Morgan fingerprint density at radius 1 is 1.28 bits per heavy atom. The van der Waals surface area contributed by atoms with Crippen molar-refractivity contribution in [3.8, 4) is 0 Å². The Labute approximate surface area is 113 Å². The third kappa shape index (κ3) is 6.97. The smallest absolute Gasteiger partial charge is 0.220 e. The SMILES string of the molecule is CC(C)CCCC(=O)NCCN1CCN(C)CC1.[HH]. The summed E-state index contributed by atoms with van der Waals surface area (Å²) in [5, 5.41) is 3.02. The van der Waals surface area contributed by atoms with Crippen LogP contribution < -0.4 is 5.32 Å². The molecule has 0 saturated carbocycles. The number of nitrogens with zero attached hydrogens (tertiary/aromatic N) is 2. The van der Waals surface area contributed by atoms with Crippen molar-refractivity contribution in [3.05, 3.63) is 0 Å². The van der Waals surface area contributed by atoms with Gasteiger partial charge in [0.1, 0.15) is 0 Å². The van der Waals surface area contributed by atoms with Crippen LogP contribution in [0.15, 0.2) is 0 Å². The summed E-state index contributed by atoms with van der Waals surface area (Å²) in [5.41, 5.74) is 0. The van der Waals surface area contributed by atoms with Crippen molar-refractivity contribution in [2.24, 2.45) is 5.92 Å². The predicted octanol–water partition coefficient (Wildman–Crippen LogP) is 1.42. The Kier molecular flexibility index (Phi) is 7.28. The third-order valence-electron chi connectivity index (χ3n) is 3.53. The Morgan fingerprint density at radius 3 is 2.56 bits per heavy atom. The second-order valence-electron chi connectivity index (χ2n) is 5.78. The molecule has 0 radical (unpaired) electrons. The number of carbonyl (C=O) groups is 1. The minimum absolute atomic E-state index is 0. The van der Waals surface area contributed by atoms with Crippen LogP contribution in [0, 0.1) is 5.92 Å². The fourth-order valence-electron chi connectivity index (χ4n) is 2.18. The summed E-state index contributed by atoms with van der Waals surface area (Å²) in [6.45, 7) is 10.7. The van der Waals surface area contributed by atoms with Gasteiger partial charge in [0.05, 0.1) is 0 Å². The summed E-state index contributed by atoms with van der Waals surface area (Å²) in [6, 6.07) is 0. The molecule has 1 N–H and O–H groups in total. The number of hydrogen-bond donors (Lipinski definition) is 1. The molecule has 1 aliphatic heterocycles. The number of nitrogens with one attached hydrogen (secondary N) is 1. The summed E-state index contributed by atoms with van der Waals surface area (Å²) < 4.78 is 0. The Hall–Kier alpha value is -0.610. The number of likely N-dealkylation sites (N-methyl/N-ethyl adjacent to an activating group) is 1. The van der Waals surface area contributed by atoms with Crippen LogP contribution in [-0.2, 0) is 4.79 Å². The molecule has 0 aromatic heterocycles. The van der Waals surface area contributed by atoms with Crippen molar-refractivity contribution in [2.75, 3.05) is 46.3 Å². The Bertz CT molecular complexity index is 241. The van der Waals surface area contributed by atoms with Gasteiger partial charge < -0.3 is 10.2 Å². The van der Waals surface area contributed by atoms with Crippen molar-refractivity contribution in [3.63, 3.8) is 0 Å². The van der Waals surface area contributed by atoms with E-state index in [1.54, 1.807) is 0 Å². The molecule has 0 atom stereocenters. The zero-order chi connectivity index (χ0) is 13.4. The summed E-state index contributed by atoms with van der Waals surface area (Å²) in [6.07, 6.45) is 2.84. The van der Waals surface area contributed by atoms with Gasteiger partial charge in [-0.15, -0.1) is 0 Å². The molecule has 0 aliphatic carbocycles. The molecule has 0 aromatic carbocycles. The first-order chi connectivity index (χ1) is 8.58. The molecule has 108 valence electrons. The maximum absolute atomic E-state index is 11.6. The molecule has 4 heteroatoms. The van der Waals surface area contributed by atoms with Crippen LogP contribution >= 0.6 is 0 Å². The average Bonchev–Trinajstić information content (AvgIpc) is 2.31. The minimum atomic E-state index is 0. The van der Waals surface area contributed by atoms with Crippen LogP contribution in [0.1, 0.15) is 34.5 Å². The first kappa shape index (κ1) is 15.4. The zero-order valence-electron chi connectivity index (χ0n) is 12.2. The summed E-state index contributed by atoms with van der Waals surface area (Å²) in [5.74, 6) is 0.910. The van der Waals surface area contributed by atoms with Crippen LogP contribution in [0.3, 0.4) is 0 Å². The van der Waals surface area contributed by atoms with E-state index in [4.69, 9.17) is 0 Å². The molecule has 0 bridgehead atoms. The highest BCUT2D eigenvalue weighted by molar-refractivity contribution is 5.75. The highest BCUT2D eigenvalue weighted by Crippen LogP contribution is 2.05. The second-order valence-corrected chi connectivity index (χ2v) is 5.78. The molecule has 0 aromatic rings. The average molecular weight is 257 g/mol. The Morgan fingerprint density at radius 2 is 1.94 bits per heavy atom. The quantitative estimate of drug-likeness (QED) is 0.749. The molecule has 0 unspecified atom stereocenters. The van der Waals surface area contributed by atoms with Gasteiger partial charge in [0.2, 0.25) is 5.91 Å². The van der Waals surface area contributed by atoms with Crippen LogP contribution in [-0.4, -0.2) is 62.0 Å². The van der Waals surface area contributed by atoms with E-state index >= 15 is 0 Å². The maximum atomic E-state index is 11.6. The van der Waals surface area contributed by atoms with Crippen molar-refractivity contribution in [2.45, 2.75) is 33.1 Å². The molecule has 4 nitrogen and oxygen atoms in total. The standard InChI is InChI=1S/C14H29N3O.H2/c1-13(2)5-4-6-14(18)15-7-8-17-11-9-16(3)10-12-17;/h13H,4-12H2,1-3H3,(H,15,18);1H. The normalized spacial score (nSPS) is 18.2. The molecular formula is C14H31N3O. The summed E-state index contributed by atoms with van der Waals surface area (Å²) >= 11 is 0. The van der Waals surface area contributed by atoms with Gasteiger partial charge in [0.25, 0.3) is 0 Å². The fourth-order valence-corrected chi connectivity index (χ4v) is 2.18. The highest BCUT2D eigenvalue weighted by Gasteiger charge is 2.13. The first-order valence-corrected chi connectivity index (χ1v) is 7.25. The van der Waals surface area contributed by atoms with Gasteiger partial charge in [-0.3, -0.25) is 9.69 Å². The molecule has 1 heterocycles. The van der Waals surface area contributed by atoms with E-state index in [9.17, 15) is 4.79 Å². The number of piperazine rings is 1. The number of carbonyl (C=O) groups excluding carboxylic acids is 1. The van der Waals surface area contributed by atoms with Gasteiger partial charge in [0.15, 0.2) is 0 Å². The Balaban J connectivity index is 0.00000324. The van der Waals surface area contributed by atoms with Crippen molar-refractivity contribution in [1.29, 1.82) is 0 Å². The van der Waals surface area contributed by atoms with Gasteiger partial charge in [-0.25, -0.2) is 0 Å². The fraction of sp³-hybridized carbons (Fsp3) is 0.929. The molecule has 1 rings (SSSR count). The van der Waals surface area contributed by atoms with Crippen LogP contribution in [0.2, 0.25) is 0 Å². The van der Waals surface area contributed by atoms with Crippen LogP contribution in [0.5, 0.6) is 0 Å². The van der Waals surface area contributed by atoms with E-state index < -0.39 is 0 Å². The van der Waals surface area contributed by atoms with E-state index in [-0.39, 0.29) is 7.33 Å². The third-order valence-corrected chi connectivity index (χ3v) is 3.53. The number of rotatable bonds is 7. The monoisotopic (exact) mass is 257 g/mol. The van der Waals surface area contributed by atoms with E-state index in [0.29, 0.717) is 12.3 Å². The maximum Gasteiger partial charge on any atom is 0.220 e. The lowest BCUT2D eigenvalue weighted by molar-refractivity contribution is -0.121. The highest BCUT2D eigenvalue weighted by atomic mass is 16.1. The zero-order valence-corrected chi connectivity index (χ0v) is 12.2. The summed E-state index contributed by atoms with van der Waals surface area (Å²) in [7, 11) is 2.16. The van der Waals surface area contributed by atoms with Gasteiger partial charge in [-0.1, -0.05) is 20.3 Å². The van der Waals surface area contributed by atoms with Crippen LogP contribution in [0.4, 0.5) is 0 Å². The summed E-state index contributed by atoms with van der Waals surface area (Å²) in [4.78, 5) is 16.4. The number of amides is 1. The van der Waals surface area contributed by atoms with E-state index in [0.717, 1.165) is 52.1 Å². The minimum Gasteiger partial charge on any atom is -0.355 e. The molecule has 0 spiro atoms. The lowest BCUT2D eigenvalue weighted by Gasteiger charge is -2.32. The number of hydrogen-bond acceptors (Lipinski definition) is 3. The van der Waals surface area contributed by atoms with Crippen molar-refractivity contribution >= 4 is 5.91 Å². The molecule has 1 saturated heterocycles. The molecule has 18 heavy (non-hydrogen) atoms. The van der Waals surface area contributed by atoms with Gasteiger partial charge in [0, 0.05) is 47.1 Å².